The lowest BCUT2D eigenvalue weighted by atomic mass is 10.1. The van der Waals surface area contributed by atoms with Crippen LogP contribution in [0.3, 0.4) is 0 Å². The van der Waals surface area contributed by atoms with Crippen LogP contribution in [-0.4, -0.2) is 34.5 Å². The maximum absolute atomic E-state index is 13.2. The van der Waals surface area contributed by atoms with Crippen molar-refractivity contribution in [2.75, 3.05) is 23.9 Å². The molecule has 0 bridgehead atoms. The van der Waals surface area contributed by atoms with Gasteiger partial charge in [-0.2, -0.15) is 5.10 Å². The van der Waals surface area contributed by atoms with Crippen molar-refractivity contribution >= 4 is 17.5 Å². The number of carbonyl (C=O) groups excluding carboxylic acids is 1. The lowest BCUT2D eigenvalue weighted by molar-refractivity contribution is 0.257. The zero-order valence-corrected chi connectivity index (χ0v) is 17.9. The Balaban J connectivity index is 1.51. The van der Waals surface area contributed by atoms with Crippen LogP contribution >= 0.6 is 0 Å². The number of anilines is 2. The third kappa shape index (κ3) is 3.47. The van der Waals surface area contributed by atoms with Gasteiger partial charge in [0.1, 0.15) is 11.6 Å². The quantitative estimate of drug-likeness (QED) is 0.510. The van der Waals surface area contributed by atoms with Crippen LogP contribution in [0.15, 0.2) is 72.9 Å². The molecule has 2 aromatic carbocycles. The molecule has 32 heavy (non-hydrogen) atoms. The third-order valence-corrected chi connectivity index (χ3v) is 5.71. The number of pyridine rings is 1. The van der Waals surface area contributed by atoms with E-state index in [2.05, 4.69) is 17.2 Å². The molecule has 7 nitrogen and oxygen atoms in total. The molecule has 2 aromatic heterocycles. The van der Waals surface area contributed by atoms with E-state index in [1.54, 1.807) is 18.2 Å². The van der Waals surface area contributed by atoms with E-state index in [0.29, 0.717) is 24.5 Å². The molecule has 7 heteroatoms. The number of hydrogen-bond acceptors (Lipinski definition) is 4. The van der Waals surface area contributed by atoms with Gasteiger partial charge in [0.15, 0.2) is 0 Å². The summed E-state index contributed by atoms with van der Waals surface area (Å²) in [6, 6.07) is 21.0. The summed E-state index contributed by atoms with van der Waals surface area (Å²) in [7, 11) is 1.61. The monoisotopic (exact) mass is 425 g/mol. The smallest absolute Gasteiger partial charge is 0.327 e. The Bertz CT molecular complexity index is 1270. The summed E-state index contributed by atoms with van der Waals surface area (Å²) in [4.78, 5) is 19.4. The number of methoxy groups -OCH3 is 1. The molecule has 0 radical (unpaired) electrons. The van der Waals surface area contributed by atoms with Crippen LogP contribution in [0.2, 0.25) is 0 Å². The number of ether oxygens (including phenoxy) is 1. The highest BCUT2D eigenvalue weighted by Gasteiger charge is 2.29. The lowest BCUT2D eigenvalue weighted by Gasteiger charge is -2.22. The van der Waals surface area contributed by atoms with Crippen molar-refractivity contribution in [1.82, 2.24) is 14.8 Å². The standard InChI is InChI=1S/C25H23N5O2/c1-17-21-14-16-29(25(31)27-18-10-12-20(32-2)13-11-18)24-22(9-6-15-26-24)23(21)28-30(17)19-7-4-3-5-8-19/h3-13,15H,14,16H2,1-2H3,(H,27,31). The molecule has 0 atom stereocenters. The average Bonchev–Trinajstić information content (AvgIpc) is 3.06. The van der Waals surface area contributed by atoms with E-state index in [9.17, 15) is 4.79 Å². The highest BCUT2D eigenvalue weighted by molar-refractivity contribution is 6.03. The predicted octanol–water partition coefficient (Wildman–Crippen LogP) is 4.85. The predicted molar refractivity (Wildman–Crippen MR) is 125 cm³/mol. The number of urea groups is 1. The molecular weight excluding hydrogens is 402 g/mol. The molecule has 1 N–H and O–H groups in total. The second-order valence-electron chi connectivity index (χ2n) is 7.59. The average molecular weight is 425 g/mol. The molecule has 4 aromatic rings. The van der Waals surface area contributed by atoms with E-state index in [0.717, 1.165) is 34.0 Å². The van der Waals surface area contributed by atoms with E-state index in [1.807, 2.05) is 71.4 Å². The number of hydrogen-bond donors (Lipinski definition) is 1. The summed E-state index contributed by atoms with van der Waals surface area (Å²) >= 11 is 0. The van der Waals surface area contributed by atoms with Gasteiger partial charge >= 0.3 is 6.03 Å². The number of benzene rings is 2. The first kappa shape index (κ1) is 19.8. The third-order valence-electron chi connectivity index (χ3n) is 5.71. The van der Waals surface area contributed by atoms with Crippen LogP contribution in [0.1, 0.15) is 11.3 Å². The van der Waals surface area contributed by atoms with E-state index in [-0.39, 0.29) is 6.03 Å². The Hall–Kier alpha value is -4.13. The largest absolute Gasteiger partial charge is 0.497 e. The van der Waals surface area contributed by atoms with Gasteiger partial charge in [0.25, 0.3) is 0 Å². The number of rotatable bonds is 3. The summed E-state index contributed by atoms with van der Waals surface area (Å²) in [6.45, 7) is 2.57. The van der Waals surface area contributed by atoms with E-state index in [1.165, 1.54) is 0 Å². The van der Waals surface area contributed by atoms with Crippen molar-refractivity contribution in [2.45, 2.75) is 13.3 Å². The first-order chi connectivity index (χ1) is 15.7. The fourth-order valence-corrected chi connectivity index (χ4v) is 4.06. The first-order valence-corrected chi connectivity index (χ1v) is 10.5. The maximum Gasteiger partial charge on any atom is 0.327 e. The SMILES string of the molecule is COc1ccc(NC(=O)N2CCc3c(nn(-c4ccccc4)c3C)-c3cccnc32)cc1. The van der Waals surface area contributed by atoms with Crippen LogP contribution in [0.4, 0.5) is 16.3 Å². The summed E-state index contributed by atoms with van der Waals surface area (Å²) in [5.74, 6) is 1.34. The number of para-hydroxylation sites is 1. The molecule has 3 heterocycles. The van der Waals surface area contributed by atoms with Gasteiger partial charge in [-0.15, -0.1) is 0 Å². The first-order valence-electron chi connectivity index (χ1n) is 10.5. The van der Waals surface area contributed by atoms with Gasteiger partial charge < -0.3 is 10.1 Å². The van der Waals surface area contributed by atoms with Gasteiger partial charge in [-0.3, -0.25) is 4.90 Å². The topological polar surface area (TPSA) is 72.3 Å². The number of aromatic nitrogens is 3. The van der Waals surface area contributed by atoms with Crippen LogP contribution < -0.4 is 15.0 Å². The van der Waals surface area contributed by atoms with Crippen molar-refractivity contribution in [3.8, 4) is 22.7 Å². The maximum atomic E-state index is 13.2. The number of nitrogens with zero attached hydrogens (tertiary/aromatic N) is 4. The molecule has 0 saturated heterocycles. The molecule has 5 rings (SSSR count). The van der Waals surface area contributed by atoms with E-state index < -0.39 is 0 Å². The van der Waals surface area contributed by atoms with Crippen LogP contribution in [0.25, 0.3) is 16.9 Å². The van der Waals surface area contributed by atoms with Crippen LogP contribution in [0, 0.1) is 6.92 Å². The summed E-state index contributed by atoms with van der Waals surface area (Å²) in [5, 5.41) is 7.89. The van der Waals surface area contributed by atoms with Crippen LogP contribution in [0.5, 0.6) is 5.75 Å². The summed E-state index contributed by atoms with van der Waals surface area (Å²) in [5.41, 5.74) is 5.62. The minimum Gasteiger partial charge on any atom is -0.497 e. The second-order valence-corrected chi connectivity index (χ2v) is 7.59. The lowest BCUT2D eigenvalue weighted by Crippen LogP contribution is -2.37. The number of fused-ring (bicyclic) bond motifs is 3. The molecule has 160 valence electrons. The zero-order valence-electron chi connectivity index (χ0n) is 17.9. The Morgan fingerprint density at radius 1 is 1.03 bits per heavy atom. The summed E-state index contributed by atoms with van der Waals surface area (Å²) < 4.78 is 7.16. The van der Waals surface area contributed by atoms with Crippen molar-refractivity contribution in [1.29, 1.82) is 0 Å². The minimum absolute atomic E-state index is 0.228. The Morgan fingerprint density at radius 2 is 1.81 bits per heavy atom. The second kappa shape index (κ2) is 8.19. The molecule has 1 aliphatic rings. The Labute approximate surface area is 186 Å². The van der Waals surface area contributed by atoms with Crippen molar-refractivity contribution in [3.05, 3.63) is 84.2 Å². The molecule has 0 fully saturated rings. The number of carbonyl (C=O) groups is 1. The molecule has 0 spiro atoms. The molecule has 0 saturated carbocycles. The van der Waals surface area contributed by atoms with Gasteiger partial charge in [-0.1, -0.05) is 18.2 Å². The number of amides is 2. The fourth-order valence-electron chi connectivity index (χ4n) is 4.06. The molecule has 1 aliphatic heterocycles. The molecule has 2 amide bonds. The van der Waals surface area contributed by atoms with Crippen LogP contribution in [-0.2, 0) is 6.42 Å². The van der Waals surface area contributed by atoms with Crippen molar-refractivity contribution in [3.63, 3.8) is 0 Å². The van der Waals surface area contributed by atoms with E-state index in [4.69, 9.17) is 9.84 Å². The molecular formula is C25H23N5O2. The number of nitrogens with one attached hydrogen (secondary N) is 1. The van der Waals surface area contributed by atoms with Gasteiger partial charge in [-0.25, -0.2) is 14.5 Å². The van der Waals surface area contributed by atoms with Gasteiger partial charge in [-0.05, 0) is 61.9 Å². The molecule has 0 aliphatic carbocycles. The minimum atomic E-state index is -0.228. The highest BCUT2D eigenvalue weighted by Crippen LogP contribution is 2.36. The van der Waals surface area contributed by atoms with Gasteiger partial charge in [0, 0.05) is 35.2 Å². The van der Waals surface area contributed by atoms with E-state index >= 15 is 0 Å². The summed E-state index contributed by atoms with van der Waals surface area (Å²) in [6.07, 6.45) is 2.39. The zero-order chi connectivity index (χ0) is 22.1. The van der Waals surface area contributed by atoms with Gasteiger partial charge in [0.05, 0.1) is 18.5 Å². The van der Waals surface area contributed by atoms with Gasteiger partial charge in [0.2, 0.25) is 0 Å². The molecule has 0 unspecified atom stereocenters. The Kier molecular flexibility index (Phi) is 5.07. The fraction of sp³-hybridized carbons (Fsp3) is 0.160. The normalized spacial score (nSPS) is 12.5. The Morgan fingerprint density at radius 3 is 2.56 bits per heavy atom. The van der Waals surface area contributed by atoms with Crippen molar-refractivity contribution < 1.29 is 9.53 Å². The van der Waals surface area contributed by atoms with Crippen molar-refractivity contribution in [2.24, 2.45) is 0 Å². The highest BCUT2D eigenvalue weighted by atomic mass is 16.5.